The van der Waals surface area contributed by atoms with Crippen LogP contribution in [0.3, 0.4) is 0 Å². The number of hydrogen-bond donors (Lipinski definition) is 0. The predicted octanol–water partition coefficient (Wildman–Crippen LogP) is -0.790. The zero-order valence-corrected chi connectivity index (χ0v) is 9.62. The molecule has 1 atom stereocenters. The lowest BCUT2D eigenvalue weighted by atomic mass is 10.3. The predicted molar refractivity (Wildman–Crippen MR) is 52.8 cm³/mol. The first-order valence-corrected chi connectivity index (χ1v) is 6.46. The minimum atomic E-state index is -3.59. The van der Waals surface area contributed by atoms with Crippen LogP contribution in [-0.2, 0) is 23.8 Å². The summed E-state index contributed by atoms with van der Waals surface area (Å²) in [6.07, 6.45) is -0.0334. The van der Waals surface area contributed by atoms with Crippen LogP contribution in [0.25, 0.3) is 0 Å². The van der Waals surface area contributed by atoms with Gasteiger partial charge in [0.25, 0.3) is 16.0 Å². The van der Waals surface area contributed by atoms with Gasteiger partial charge in [0.1, 0.15) is 0 Å². The maximum absolute atomic E-state index is 11.7. The van der Waals surface area contributed by atoms with E-state index in [0.717, 1.165) is 6.26 Å². The summed E-state index contributed by atoms with van der Waals surface area (Å²) in [4.78, 5) is 13.2. The number of rotatable bonds is 3. The number of ether oxygens (including phenoxy) is 1. The van der Waals surface area contributed by atoms with E-state index in [0.29, 0.717) is 26.3 Å². The fourth-order valence-electron chi connectivity index (χ4n) is 1.34. The summed E-state index contributed by atoms with van der Waals surface area (Å²) in [6, 6.07) is 0. The smallest absolute Gasteiger partial charge is 0.265 e. The molecule has 0 bridgehead atoms. The SMILES string of the molecule is C[C@@H](OS(C)(=O)=O)C(=O)N1CCOCC1. The molecule has 0 aromatic rings. The minimum Gasteiger partial charge on any atom is -0.378 e. The molecule has 1 rings (SSSR count). The Morgan fingerprint density at radius 2 is 1.93 bits per heavy atom. The van der Waals surface area contributed by atoms with Crippen LogP contribution < -0.4 is 0 Å². The summed E-state index contributed by atoms with van der Waals surface area (Å²) in [5, 5.41) is 0. The van der Waals surface area contributed by atoms with Crippen LogP contribution in [0.1, 0.15) is 6.92 Å². The Morgan fingerprint density at radius 3 is 2.40 bits per heavy atom. The molecule has 0 radical (unpaired) electrons. The highest BCUT2D eigenvalue weighted by atomic mass is 32.2. The van der Waals surface area contributed by atoms with Crippen molar-refractivity contribution in [3.8, 4) is 0 Å². The van der Waals surface area contributed by atoms with Crippen molar-refractivity contribution in [1.29, 1.82) is 0 Å². The van der Waals surface area contributed by atoms with Gasteiger partial charge in [0.05, 0.1) is 19.5 Å². The zero-order valence-electron chi connectivity index (χ0n) is 8.80. The molecule has 1 heterocycles. The highest BCUT2D eigenvalue weighted by Crippen LogP contribution is 2.05. The lowest BCUT2D eigenvalue weighted by molar-refractivity contribution is -0.141. The van der Waals surface area contributed by atoms with Gasteiger partial charge < -0.3 is 9.64 Å². The molecule has 0 unspecified atom stereocenters. The third-order valence-corrected chi connectivity index (χ3v) is 2.63. The van der Waals surface area contributed by atoms with Crippen LogP contribution in [0.4, 0.5) is 0 Å². The van der Waals surface area contributed by atoms with Crippen LogP contribution in [-0.4, -0.2) is 57.9 Å². The lowest BCUT2D eigenvalue weighted by Gasteiger charge is -2.28. The normalized spacial score (nSPS) is 20.0. The van der Waals surface area contributed by atoms with Crippen LogP contribution in [0.5, 0.6) is 0 Å². The van der Waals surface area contributed by atoms with Crippen LogP contribution in [0.2, 0.25) is 0 Å². The first-order chi connectivity index (χ1) is 6.90. The van der Waals surface area contributed by atoms with Crippen molar-refractivity contribution in [2.24, 2.45) is 0 Å². The molecule has 0 N–H and O–H groups in total. The Bertz CT molecular complexity index is 320. The second-order valence-corrected chi connectivity index (χ2v) is 4.98. The quantitative estimate of drug-likeness (QED) is 0.601. The maximum atomic E-state index is 11.7. The van der Waals surface area contributed by atoms with Gasteiger partial charge in [-0.3, -0.25) is 8.98 Å². The molecule has 1 fully saturated rings. The number of carbonyl (C=O) groups is 1. The van der Waals surface area contributed by atoms with Crippen molar-refractivity contribution in [3.63, 3.8) is 0 Å². The summed E-state index contributed by atoms with van der Waals surface area (Å²) >= 11 is 0. The highest BCUT2D eigenvalue weighted by molar-refractivity contribution is 7.86. The Labute approximate surface area is 89.3 Å². The van der Waals surface area contributed by atoms with E-state index in [4.69, 9.17) is 4.74 Å². The first-order valence-electron chi connectivity index (χ1n) is 4.65. The second-order valence-electron chi connectivity index (χ2n) is 3.38. The monoisotopic (exact) mass is 237 g/mol. The maximum Gasteiger partial charge on any atom is 0.265 e. The van der Waals surface area contributed by atoms with Gasteiger partial charge >= 0.3 is 0 Å². The van der Waals surface area contributed by atoms with Gasteiger partial charge in [0, 0.05) is 13.1 Å². The fourth-order valence-corrected chi connectivity index (χ4v) is 1.95. The average Bonchev–Trinajstić information content (AvgIpc) is 2.15. The van der Waals surface area contributed by atoms with Crippen LogP contribution >= 0.6 is 0 Å². The van der Waals surface area contributed by atoms with Gasteiger partial charge in [-0.2, -0.15) is 8.42 Å². The number of amides is 1. The summed E-state index contributed by atoms with van der Waals surface area (Å²) in [6.45, 7) is 3.36. The van der Waals surface area contributed by atoms with Crippen molar-refractivity contribution >= 4 is 16.0 Å². The number of carbonyl (C=O) groups excluding carboxylic acids is 1. The number of hydrogen-bond acceptors (Lipinski definition) is 5. The molecule has 0 aliphatic carbocycles. The van der Waals surface area contributed by atoms with Gasteiger partial charge in [0.15, 0.2) is 6.10 Å². The van der Waals surface area contributed by atoms with Gasteiger partial charge in [-0.15, -0.1) is 0 Å². The average molecular weight is 237 g/mol. The Balaban J connectivity index is 2.51. The van der Waals surface area contributed by atoms with Crippen LogP contribution in [0, 0.1) is 0 Å². The number of morpholine rings is 1. The number of nitrogens with zero attached hydrogens (tertiary/aromatic N) is 1. The first kappa shape index (κ1) is 12.4. The Kier molecular flexibility index (Phi) is 4.06. The molecular weight excluding hydrogens is 222 g/mol. The fraction of sp³-hybridized carbons (Fsp3) is 0.875. The molecular formula is C8H15NO5S. The van der Waals surface area contributed by atoms with Gasteiger partial charge in [-0.05, 0) is 6.92 Å². The third-order valence-electron chi connectivity index (χ3n) is 1.99. The molecule has 0 saturated carbocycles. The summed E-state index contributed by atoms with van der Waals surface area (Å²) in [5.41, 5.74) is 0. The van der Waals surface area contributed by atoms with Crippen molar-refractivity contribution in [3.05, 3.63) is 0 Å². The van der Waals surface area contributed by atoms with Crippen molar-refractivity contribution in [2.75, 3.05) is 32.6 Å². The summed E-state index contributed by atoms with van der Waals surface area (Å²) in [5.74, 6) is -0.316. The lowest BCUT2D eigenvalue weighted by Crippen LogP contribution is -2.45. The minimum absolute atomic E-state index is 0.316. The summed E-state index contributed by atoms with van der Waals surface area (Å²) < 4.78 is 31.3. The van der Waals surface area contributed by atoms with Gasteiger partial charge in [-0.25, -0.2) is 0 Å². The van der Waals surface area contributed by atoms with E-state index < -0.39 is 16.2 Å². The molecule has 7 heteroatoms. The zero-order chi connectivity index (χ0) is 11.5. The molecule has 1 amide bonds. The van der Waals surface area contributed by atoms with Gasteiger partial charge in [0.2, 0.25) is 0 Å². The van der Waals surface area contributed by atoms with E-state index in [1.807, 2.05) is 0 Å². The molecule has 88 valence electrons. The van der Waals surface area contributed by atoms with E-state index in [1.165, 1.54) is 6.92 Å². The van der Waals surface area contributed by atoms with Crippen molar-refractivity contribution in [1.82, 2.24) is 4.90 Å². The van der Waals surface area contributed by atoms with E-state index in [2.05, 4.69) is 4.18 Å². The molecule has 15 heavy (non-hydrogen) atoms. The molecule has 6 nitrogen and oxygen atoms in total. The summed E-state index contributed by atoms with van der Waals surface area (Å²) in [7, 11) is -3.59. The molecule has 0 spiro atoms. The Morgan fingerprint density at radius 1 is 1.40 bits per heavy atom. The van der Waals surface area contributed by atoms with Crippen molar-refractivity contribution in [2.45, 2.75) is 13.0 Å². The molecule has 1 aliphatic heterocycles. The van der Waals surface area contributed by atoms with E-state index in [1.54, 1.807) is 4.90 Å². The molecule has 1 aliphatic rings. The highest BCUT2D eigenvalue weighted by Gasteiger charge is 2.25. The molecule has 1 saturated heterocycles. The van der Waals surface area contributed by atoms with E-state index in [-0.39, 0.29) is 5.91 Å². The molecule has 0 aromatic heterocycles. The van der Waals surface area contributed by atoms with E-state index in [9.17, 15) is 13.2 Å². The van der Waals surface area contributed by atoms with Crippen molar-refractivity contribution < 1.29 is 22.1 Å². The Hall–Kier alpha value is -0.660. The molecule has 0 aromatic carbocycles. The van der Waals surface area contributed by atoms with E-state index >= 15 is 0 Å². The second kappa shape index (κ2) is 4.91. The standard InChI is InChI=1S/C8H15NO5S/c1-7(14-15(2,11)12)8(10)9-3-5-13-6-4-9/h7H,3-6H2,1-2H3/t7-/m1/s1. The topological polar surface area (TPSA) is 72.9 Å². The van der Waals surface area contributed by atoms with Gasteiger partial charge in [-0.1, -0.05) is 0 Å². The van der Waals surface area contributed by atoms with Crippen LogP contribution in [0.15, 0.2) is 0 Å². The largest absolute Gasteiger partial charge is 0.378 e. The third kappa shape index (κ3) is 4.15.